The molecule has 1 rings (SSSR count). The van der Waals surface area contributed by atoms with Crippen LogP contribution < -0.4 is 11.1 Å². The summed E-state index contributed by atoms with van der Waals surface area (Å²) in [6, 6.07) is 0. The third kappa shape index (κ3) is 4.46. The number of rotatable bonds is 6. The average molecular weight is 269 g/mol. The van der Waals surface area contributed by atoms with Crippen molar-refractivity contribution < 1.29 is 4.79 Å². The lowest BCUT2D eigenvalue weighted by Gasteiger charge is -2.33. The van der Waals surface area contributed by atoms with Gasteiger partial charge in [0.2, 0.25) is 5.91 Å². The van der Waals surface area contributed by atoms with Gasteiger partial charge in [0.05, 0.1) is 0 Å². The molecule has 112 valence electrons. The minimum absolute atomic E-state index is 0.250. The van der Waals surface area contributed by atoms with Crippen LogP contribution in [0.25, 0.3) is 0 Å². The van der Waals surface area contributed by atoms with Crippen molar-refractivity contribution in [3.63, 3.8) is 0 Å². The van der Waals surface area contributed by atoms with E-state index in [1.807, 2.05) is 6.92 Å². The molecular formula is C15H31N3O. The number of amides is 1. The lowest BCUT2D eigenvalue weighted by molar-refractivity contribution is -0.124. The number of carbonyl (C=O) groups excluding carboxylic acids is 1. The van der Waals surface area contributed by atoms with Crippen molar-refractivity contribution in [1.82, 2.24) is 10.2 Å². The van der Waals surface area contributed by atoms with Crippen LogP contribution in [0.1, 0.15) is 47.5 Å². The van der Waals surface area contributed by atoms with Crippen molar-refractivity contribution in [2.45, 2.75) is 53.0 Å². The molecule has 0 aliphatic carbocycles. The molecule has 0 bridgehead atoms. The summed E-state index contributed by atoms with van der Waals surface area (Å²) in [5.41, 5.74) is 5.32. The van der Waals surface area contributed by atoms with Crippen LogP contribution in [0.3, 0.4) is 0 Å². The molecule has 0 aromatic rings. The largest absolute Gasteiger partial charge is 0.368 e. The number of carbonyl (C=O) groups is 1. The highest BCUT2D eigenvalue weighted by Gasteiger charge is 2.37. The minimum atomic E-state index is -0.608. The Kier molecular flexibility index (Phi) is 5.39. The first-order valence-corrected chi connectivity index (χ1v) is 7.46. The van der Waals surface area contributed by atoms with Crippen molar-refractivity contribution in [2.75, 3.05) is 26.2 Å². The Morgan fingerprint density at radius 2 is 2.00 bits per heavy atom. The van der Waals surface area contributed by atoms with Crippen LogP contribution >= 0.6 is 0 Å². The molecule has 4 heteroatoms. The Bertz CT molecular complexity index is 311. The Hall–Kier alpha value is -0.610. The van der Waals surface area contributed by atoms with Crippen LogP contribution in [0, 0.1) is 11.3 Å². The number of nitrogens with one attached hydrogen (secondary N) is 1. The van der Waals surface area contributed by atoms with Crippen LogP contribution in [0.5, 0.6) is 0 Å². The van der Waals surface area contributed by atoms with Gasteiger partial charge in [0.1, 0.15) is 5.54 Å². The van der Waals surface area contributed by atoms with E-state index < -0.39 is 5.54 Å². The Morgan fingerprint density at radius 3 is 2.42 bits per heavy atom. The molecule has 1 aliphatic rings. The van der Waals surface area contributed by atoms with E-state index in [2.05, 4.69) is 37.9 Å². The first kappa shape index (κ1) is 16.4. The fourth-order valence-corrected chi connectivity index (χ4v) is 2.75. The van der Waals surface area contributed by atoms with Gasteiger partial charge in [-0.15, -0.1) is 0 Å². The fourth-order valence-electron chi connectivity index (χ4n) is 2.75. The molecule has 4 nitrogen and oxygen atoms in total. The molecule has 0 aromatic heterocycles. The van der Waals surface area contributed by atoms with Gasteiger partial charge in [0.15, 0.2) is 0 Å². The van der Waals surface area contributed by atoms with E-state index in [0.717, 1.165) is 32.6 Å². The molecule has 0 aromatic carbocycles. The van der Waals surface area contributed by atoms with Crippen LogP contribution in [0.2, 0.25) is 0 Å². The smallest absolute Gasteiger partial charge is 0.238 e. The zero-order valence-electron chi connectivity index (χ0n) is 13.3. The predicted molar refractivity (Wildman–Crippen MR) is 79.9 cm³/mol. The Morgan fingerprint density at radius 1 is 1.37 bits per heavy atom. The molecule has 2 unspecified atom stereocenters. The number of primary amides is 1. The predicted octanol–water partition coefficient (Wildman–Crippen LogP) is 1.60. The van der Waals surface area contributed by atoms with Gasteiger partial charge in [-0.25, -0.2) is 0 Å². The second-order valence-corrected chi connectivity index (χ2v) is 7.21. The summed E-state index contributed by atoms with van der Waals surface area (Å²) in [4.78, 5) is 14.1. The van der Waals surface area contributed by atoms with E-state index in [4.69, 9.17) is 5.73 Å². The summed E-state index contributed by atoms with van der Waals surface area (Å²) in [6.45, 7) is 14.6. The second-order valence-electron chi connectivity index (χ2n) is 7.21. The monoisotopic (exact) mass is 269 g/mol. The molecule has 1 saturated heterocycles. The molecule has 19 heavy (non-hydrogen) atoms. The Labute approximate surface area is 118 Å². The summed E-state index contributed by atoms with van der Waals surface area (Å²) >= 11 is 0. The third-order valence-corrected chi connectivity index (χ3v) is 4.35. The Balaban J connectivity index is 2.60. The number of nitrogens with two attached hydrogens (primary N) is 1. The summed E-state index contributed by atoms with van der Waals surface area (Å²) < 4.78 is 0. The van der Waals surface area contributed by atoms with E-state index >= 15 is 0 Å². The molecule has 0 spiro atoms. The summed E-state index contributed by atoms with van der Waals surface area (Å²) in [5.74, 6) is 0.455. The topological polar surface area (TPSA) is 58.4 Å². The molecule has 2 atom stereocenters. The normalized spacial score (nSPS) is 24.4. The maximum absolute atomic E-state index is 11.7. The summed E-state index contributed by atoms with van der Waals surface area (Å²) in [7, 11) is 0. The van der Waals surface area contributed by atoms with Crippen molar-refractivity contribution in [1.29, 1.82) is 0 Å². The van der Waals surface area contributed by atoms with E-state index in [1.54, 1.807) is 0 Å². The van der Waals surface area contributed by atoms with Gasteiger partial charge in [-0.1, -0.05) is 27.7 Å². The summed E-state index contributed by atoms with van der Waals surface area (Å²) in [6.07, 6.45) is 2.22. The molecule has 3 N–H and O–H groups in total. The lowest BCUT2D eigenvalue weighted by atomic mass is 9.80. The highest BCUT2D eigenvalue weighted by atomic mass is 16.1. The van der Waals surface area contributed by atoms with Gasteiger partial charge in [0, 0.05) is 13.1 Å². The van der Waals surface area contributed by atoms with Crippen LogP contribution in [0.4, 0.5) is 0 Å². The zero-order valence-corrected chi connectivity index (χ0v) is 13.3. The summed E-state index contributed by atoms with van der Waals surface area (Å²) in [5, 5.41) is 3.31. The van der Waals surface area contributed by atoms with Gasteiger partial charge in [0.25, 0.3) is 0 Å². The molecule has 1 amide bonds. The third-order valence-electron chi connectivity index (χ3n) is 4.35. The highest BCUT2D eigenvalue weighted by Crippen LogP contribution is 2.33. The van der Waals surface area contributed by atoms with Gasteiger partial charge < -0.3 is 16.0 Å². The van der Waals surface area contributed by atoms with E-state index in [0.29, 0.717) is 11.3 Å². The molecule has 0 radical (unpaired) electrons. The molecule has 0 saturated carbocycles. The van der Waals surface area contributed by atoms with Gasteiger partial charge >= 0.3 is 0 Å². The van der Waals surface area contributed by atoms with E-state index in [9.17, 15) is 4.79 Å². The first-order valence-electron chi connectivity index (χ1n) is 7.46. The van der Waals surface area contributed by atoms with Crippen molar-refractivity contribution >= 4 is 5.91 Å². The average Bonchev–Trinajstić information content (AvgIpc) is 2.74. The number of hydrogen-bond donors (Lipinski definition) is 2. The second kappa shape index (κ2) is 6.23. The lowest BCUT2D eigenvalue weighted by Crippen LogP contribution is -2.59. The van der Waals surface area contributed by atoms with Crippen LogP contribution in [0.15, 0.2) is 0 Å². The fraction of sp³-hybridized carbons (Fsp3) is 0.933. The van der Waals surface area contributed by atoms with Crippen molar-refractivity contribution in [3.05, 3.63) is 0 Å². The van der Waals surface area contributed by atoms with Gasteiger partial charge in [-0.2, -0.15) is 0 Å². The van der Waals surface area contributed by atoms with Gasteiger partial charge in [-0.3, -0.25) is 4.79 Å². The first-order chi connectivity index (χ1) is 8.69. The minimum Gasteiger partial charge on any atom is -0.368 e. The van der Waals surface area contributed by atoms with Crippen LogP contribution in [-0.4, -0.2) is 42.5 Å². The highest BCUT2D eigenvalue weighted by molar-refractivity contribution is 5.84. The maximum Gasteiger partial charge on any atom is 0.238 e. The zero-order chi connectivity index (χ0) is 14.7. The standard InChI is InChI=1S/C15H31N3O/c1-6-8-17-15(5,13(16)19)11-18-9-7-12(10-18)14(2,3)4/h12,17H,6-11H2,1-5H3,(H2,16,19). The number of nitrogens with zero attached hydrogens (tertiary/aromatic N) is 1. The van der Waals surface area contributed by atoms with E-state index in [1.165, 1.54) is 6.42 Å². The van der Waals surface area contributed by atoms with Crippen molar-refractivity contribution in [3.8, 4) is 0 Å². The SMILES string of the molecule is CCCNC(C)(CN1CCC(C(C)(C)C)C1)C(N)=O. The number of likely N-dealkylation sites (tertiary alicyclic amines) is 1. The molecule has 1 fully saturated rings. The quantitative estimate of drug-likeness (QED) is 0.770. The maximum atomic E-state index is 11.7. The number of hydrogen-bond acceptors (Lipinski definition) is 3. The van der Waals surface area contributed by atoms with E-state index in [-0.39, 0.29) is 5.91 Å². The molecule has 1 heterocycles. The van der Waals surface area contributed by atoms with Gasteiger partial charge in [-0.05, 0) is 44.2 Å². The van der Waals surface area contributed by atoms with Crippen molar-refractivity contribution in [2.24, 2.45) is 17.1 Å². The molecular weight excluding hydrogens is 238 g/mol. The van der Waals surface area contributed by atoms with Crippen LogP contribution in [-0.2, 0) is 4.79 Å². The molecule has 1 aliphatic heterocycles.